The monoisotopic (exact) mass is 294 g/mol. The third-order valence-corrected chi connectivity index (χ3v) is 5.08. The molecule has 0 atom stereocenters. The Balaban J connectivity index is 1.90. The molecule has 0 saturated carbocycles. The van der Waals surface area contributed by atoms with Crippen molar-refractivity contribution >= 4 is 28.6 Å². The van der Waals surface area contributed by atoms with E-state index in [-0.39, 0.29) is 0 Å². The van der Waals surface area contributed by atoms with Gasteiger partial charge in [0, 0.05) is 0 Å². The Kier molecular flexibility index (Phi) is 3.63. The minimum atomic E-state index is -0.881. The van der Waals surface area contributed by atoms with Crippen LogP contribution in [0, 0.1) is 0 Å². The second-order valence-electron chi connectivity index (χ2n) is 4.55. The van der Waals surface area contributed by atoms with E-state index in [0.29, 0.717) is 10.6 Å². The molecular formula is C13H14N2O2S2. The number of carboxylic acids is 1. The van der Waals surface area contributed by atoms with Crippen molar-refractivity contribution < 1.29 is 9.90 Å². The van der Waals surface area contributed by atoms with Crippen LogP contribution in [-0.4, -0.2) is 34.0 Å². The molecule has 0 radical (unpaired) electrons. The van der Waals surface area contributed by atoms with Gasteiger partial charge in [0.2, 0.25) is 0 Å². The van der Waals surface area contributed by atoms with Gasteiger partial charge in [0.25, 0.3) is 0 Å². The van der Waals surface area contributed by atoms with Gasteiger partial charge in [0.1, 0.15) is 15.6 Å². The number of carboxylic acid groups (broad SMARTS) is 1. The third kappa shape index (κ3) is 2.70. The summed E-state index contributed by atoms with van der Waals surface area (Å²) in [4.78, 5) is 19.5. The number of thiophene rings is 1. The summed E-state index contributed by atoms with van der Waals surface area (Å²) < 4.78 is 0. The van der Waals surface area contributed by atoms with Crippen LogP contribution in [0.5, 0.6) is 0 Å². The predicted molar refractivity (Wildman–Crippen MR) is 76.9 cm³/mol. The lowest BCUT2D eigenvalue weighted by Crippen LogP contribution is -2.18. The normalized spacial score (nSPS) is 16.0. The first-order chi connectivity index (χ1) is 9.24. The van der Waals surface area contributed by atoms with Crippen LogP contribution in [0.25, 0.3) is 10.6 Å². The average molecular weight is 294 g/mol. The Morgan fingerprint density at radius 1 is 1.42 bits per heavy atom. The van der Waals surface area contributed by atoms with Crippen LogP contribution < -0.4 is 0 Å². The van der Waals surface area contributed by atoms with E-state index in [4.69, 9.17) is 0 Å². The first kappa shape index (κ1) is 12.8. The standard InChI is InChI=1S/C13H14N2O2S2/c16-13(17)12-11(9-4-3-7-18-9)14-10(19-12)8-15-5-1-2-6-15/h3-4,7H,1-2,5-6,8H2,(H,16,17). The number of rotatable bonds is 4. The number of thiazole rings is 1. The van der Waals surface area contributed by atoms with Gasteiger partial charge < -0.3 is 5.11 Å². The summed E-state index contributed by atoms with van der Waals surface area (Å²) in [5.74, 6) is -0.881. The highest BCUT2D eigenvalue weighted by atomic mass is 32.1. The highest BCUT2D eigenvalue weighted by Crippen LogP contribution is 2.32. The lowest BCUT2D eigenvalue weighted by Gasteiger charge is -2.11. The number of hydrogen-bond donors (Lipinski definition) is 1. The Hall–Kier alpha value is -1.24. The van der Waals surface area contributed by atoms with Gasteiger partial charge >= 0.3 is 5.97 Å². The smallest absolute Gasteiger partial charge is 0.348 e. The molecule has 3 heterocycles. The third-order valence-electron chi connectivity index (χ3n) is 3.18. The molecule has 1 aliphatic rings. The molecule has 0 unspecified atom stereocenters. The van der Waals surface area contributed by atoms with Crippen molar-refractivity contribution in [2.24, 2.45) is 0 Å². The lowest BCUT2D eigenvalue weighted by molar-refractivity contribution is 0.0703. The fourth-order valence-electron chi connectivity index (χ4n) is 2.29. The summed E-state index contributed by atoms with van der Waals surface area (Å²) in [7, 11) is 0. The maximum absolute atomic E-state index is 11.3. The minimum absolute atomic E-state index is 0.358. The number of nitrogens with zero attached hydrogens (tertiary/aromatic N) is 2. The van der Waals surface area contributed by atoms with E-state index in [1.54, 1.807) is 0 Å². The molecule has 1 aliphatic heterocycles. The summed E-state index contributed by atoms with van der Waals surface area (Å²) in [6, 6.07) is 3.84. The second-order valence-corrected chi connectivity index (χ2v) is 6.58. The Bertz CT molecular complexity index is 571. The quantitative estimate of drug-likeness (QED) is 0.941. The molecule has 0 bridgehead atoms. The van der Waals surface area contributed by atoms with E-state index in [9.17, 15) is 9.90 Å². The molecule has 1 fully saturated rings. The molecule has 0 aliphatic carbocycles. The van der Waals surface area contributed by atoms with Gasteiger partial charge in [-0.2, -0.15) is 0 Å². The predicted octanol–water partition coefficient (Wildman–Crippen LogP) is 3.17. The number of aromatic carboxylic acids is 1. The van der Waals surface area contributed by atoms with Gasteiger partial charge in [-0.15, -0.1) is 22.7 Å². The van der Waals surface area contributed by atoms with Crippen molar-refractivity contribution in [1.82, 2.24) is 9.88 Å². The second kappa shape index (κ2) is 5.40. The molecule has 19 heavy (non-hydrogen) atoms. The molecule has 4 nitrogen and oxygen atoms in total. The van der Waals surface area contributed by atoms with Crippen LogP contribution in [0.1, 0.15) is 27.5 Å². The molecule has 6 heteroatoms. The van der Waals surface area contributed by atoms with Gasteiger partial charge in [-0.05, 0) is 37.4 Å². The maximum Gasteiger partial charge on any atom is 0.348 e. The SMILES string of the molecule is O=C(O)c1sc(CN2CCCC2)nc1-c1cccs1. The molecule has 2 aromatic heterocycles. The zero-order chi connectivity index (χ0) is 13.2. The van der Waals surface area contributed by atoms with Gasteiger partial charge in [-0.1, -0.05) is 6.07 Å². The average Bonchev–Trinajstić information content (AvgIpc) is 3.09. The largest absolute Gasteiger partial charge is 0.477 e. The number of hydrogen-bond acceptors (Lipinski definition) is 5. The summed E-state index contributed by atoms with van der Waals surface area (Å²) in [5, 5.41) is 12.2. The van der Waals surface area contributed by atoms with E-state index in [1.807, 2.05) is 17.5 Å². The molecular weight excluding hydrogens is 280 g/mol. The van der Waals surface area contributed by atoms with E-state index in [0.717, 1.165) is 29.5 Å². The van der Waals surface area contributed by atoms with Crippen molar-refractivity contribution in [2.45, 2.75) is 19.4 Å². The molecule has 0 aromatic carbocycles. The molecule has 1 N–H and O–H groups in total. The van der Waals surface area contributed by atoms with Gasteiger partial charge in [-0.25, -0.2) is 9.78 Å². The fourth-order valence-corrected chi connectivity index (χ4v) is 4.03. The molecule has 2 aromatic rings. The van der Waals surface area contributed by atoms with E-state index in [2.05, 4.69) is 9.88 Å². The summed E-state index contributed by atoms with van der Waals surface area (Å²) >= 11 is 2.84. The van der Waals surface area contributed by atoms with Crippen molar-refractivity contribution in [2.75, 3.05) is 13.1 Å². The van der Waals surface area contributed by atoms with Crippen LogP contribution in [0.15, 0.2) is 17.5 Å². The van der Waals surface area contributed by atoms with Crippen LogP contribution >= 0.6 is 22.7 Å². The van der Waals surface area contributed by atoms with Gasteiger partial charge in [0.05, 0.1) is 11.4 Å². The number of aromatic nitrogens is 1. The minimum Gasteiger partial charge on any atom is -0.477 e. The van der Waals surface area contributed by atoms with Crippen LogP contribution in [0.3, 0.4) is 0 Å². The van der Waals surface area contributed by atoms with Crippen molar-refractivity contribution in [3.63, 3.8) is 0 Å². The molecule has 3 rings (SSSR count). The fraction of sp³-hybridized carbons (Fsp3) is 0.385. The summed E-state index contributed by atoms with van der Waals surface area (Å²) in [6.45, 7) is 2.96. The van der Waals surface area contributed by atoms with E-state index >= 15 is 0 Å². The molecule has 1 saturated heterocycles. The highest BCUT2D eigenvalue weighted by Gasteiger charge is 2.21. The van der Waals surface area contributed by atoms with Crippen molar-refractivity contribution in [1.29, 1.82) is 0 Å². The Labute approximate surface area is 119 Å². The number of likely N-dealkylation sites (tertiary alicyclic amines) is 1. The van der Waals surface area contributed by atoms with Crippen molar-refractivity contribution in [3.8, 4) is 10.6 Å². The van der Waals surface area contributed by atoms with E-state index in [1.165, 1.54) is 35.5 Å². The first-order valence-corrected chi connectivity index (χ1v) is 7.93. The van der Waals surface area contributed by atoms with Crippen LogP contribution in [-0.2, 0) is 6.54 Å². The Morgan fingerprint density at radius 3 is 2.84 bits per heavy atom. The molecule has 100 valence electrons. The summed E-state index contributed by atoms with van der Waals surface area (Å²) in [6.07, 6.45) is 2.46. The maximum atomic E-state index is 11.3. The molecule has 0 amide bonds. The van der Waals surface area contributed by atoms with E-state index < -0.39 is 5.97 Å². The lowest BCUT2D eigenvalue weighted by atomic mass is 10.3. The zero-order valence-corrected chi connectivity index (χ0v) is 12.0. The van der Waals surface area contributed by atoms with Gasteiger partial charge in [0.15, 0.2) is 0 Å². The van der Waals surface area contributed by atoms with Gasteiger partial charge in [-0.3, -0.25) is 4.90 Å². The van der Waals surface area contributed by atoms with Crippen molar-refractivity contribution in [3.05, 3.63) is 27.4 Å². The summed E-state index contributed by atoms with van der Waals surface area (Å²) in [5.41, 5.74) is 0.627. The molecule has 0 spiro atoms. The topological polar surface area (TPSA) is 53.4 Å². The number of carbonyl (C=O) groups is 1. The highest BCUT2D eigenvalue weighted by molar-refractivity contribution is 7.16. The Morgan fingerprint density at radius 2 is 2.21 bits per heavy atom. The van der Waals surface area contributed by atoms with Crippen LogP contribution in [0.4, 0.5) is 0 Å². The zero-order valence-electron chi connectivity index (χ0n) is 10.3. The van der Waals surface area contributed by atoms with Crippen LogP contribution in [0.2, 0.25) is 0 Å². The first-order valence-electron chi connectivity index (χ1n) is 6.23.